The van der Waals surface area contributed by atoms with Crippen LogP contribution in [0.2, 0.25) is 0 Å². The van der Waals surface area contributed by atoms with Crippen LogP contribution in [0, 0.1) is 10.8 Å². The minimum atomic E-state index is -4.53. The van der Waals surface area contributed by atoms with E-state index in [1.54, 1.807) is 6.26 Å². The molecule has 3 N–H and O–H groups in total. The lowest BCUT2D eigenvalue weighted by Crippen LogP contribution is -2.60. The summed E-state index contributed by atoms with van der Waals surface area (Å²) in [7, 11) is 5.45. The number of nitrogens with zero attached hydrogens (tertiary/aromatic N) is 2. The van der Waals surface area contributed by atoms with Gasteiger partial charge in [-0.25, -0.2) is 0 Å². The topological polar surface area (TPSA) is 70.8 Å². The Morgan fingerprint density at radius 2 is 1.35 bits per heavy atom. The second-order valence-corrected chi connectivity index (χ2v) is 16.1. The molecule has 3 aromatic rings. The third-order valence-electron chi connectivity index (χ3n) is 9.15. The molecule has 2 fully saturated rings. The van der Waals surface area contributed by atoms with Crippen LogP contribution in [0.3, 0.4) is 0 Å². The highest BCUT2D eigenvalue weighted by atomic mass is 35.5. The van der Waals surface area contributed by atoms with Crippen molar-refractivity contribution >= 4 is 30.1 Å². The first kappa shape index (κ1) is 40.7. The van der Waals surface area contributed by atoms with Gasteiger partial charge in [-0.2, -0.15) is 13.2 Å². The number of benzene rings is 3. The van der Waals surface area contributed by atoms with Gasteiger partial charge < -0.3 is 25.6 Å². The first-order valence-electron chi connectivity index (χ1n) is 16.2. The number of likely N-dealkylation sites (N-methyl/N-ethyl adjacent to an activating group) is 2. The third-order valence-corrected chi connectivity index (χ3v) is 9.91. The Bertz CT molecular complexity index is 1530. The number of nitrogens with two attached hydrogens (primary N) is 1. The summed E-state index contributed by atoms with van der Waals surface area (Å²) in [6, 6.07) is 22.1. The Hall–Kier alpha value is -2.76. The molecule has 0 spiro atoms. The van der Waals surface area contributed by atoms with Gasteiger partial charge in [0.2, 0.25) is 0 Å². The summed E-state index contributed by atoms with van der Waals surface area (Å²) in [5, 5.41) is 3.20. The summed E-state index contributed by atoms with van der Waals surface area (Å²) in [5.41, 5.74) is 7.42. The maximum Gasteiger partial charge on any atom is 0.416 e. The molecule has 1 amide bonds. The first-order chi connectivity index (χ1) is 22.3. The van der Waals surface area contributed by atoms with Gasteiger partial charge in [-0.1, -0.05) is 88.4 Å². The quantitative estimate of drug-likeness (QED) is 0.251. The lowest BCUT2D eigenvalue weighted by Gasteiger charge is -2.49. The number of hydrogen-bond donors (Lipinski definition) is 2. The summed E-state index contributed by atoms with van der Waals surface area (Å²) in [6.07, 6.45) is -1.14. The number of carbonyl (C=O) groups excluding carboxylic acids is 1. The number of likely N-dealkylation sites (tertiary alicyclic amines) is 2. The molecule has 270 valence electrons. The van der Waals surface area contributed by atoms with E-state index in [1.165, 1.54) is 12.7 Å². The molecule has 2 atom stereocenters. The summed E-state index contributed by atoms with van der Waals surface area (Å²) >= 11 is 1.09. The fraction of sp³-hybridized carbons (Fsp3) is 0.500. The van der Waals surface area contributed by atoms with Crippen LogP contribution in [0.5, 0.6) is 5.75 Å². The maximum atomic E-state index is 13.6. The number of ether oxygens (including phenoxy) is 1. The molecule has 0 aromatic heterocycles. The molecule has 3 aromatic carbocycles. The molecule has 2 aliphatic rings. The molecule has 49 heavy (non-hydrogen) atoms. The number of hydrogen-bond acceptors (Lipinski definition) is 6. The van der Waals surface area contributed by atoms with Crippen LogP contribution in [-0.4, -0.2) is 69.3 Å². The SMILES string of the molecule is CN1CC(C)(C)CC(N)(c2ccccc2)C1.COc1cc(C(F)(F)F)cc(SC)c1C(=O)NC1(c2ccccc2)CN(C)CC(C)(C)C1.Cl. The van der Waals surface area contributed by atoms with Crippen LogP contribution >= 0.6 is 24.2 Å². The van der Waals surface area contributed by atoms with Gasteiger partial charge in [0.15, 0.2) is 0 Å². The van der Waals surface area contributed by atoms with Crippen molar-refractivity contribution in [2.24, 2.45) is 16.6 Å². The summed E-state index contributed by atoms with van der Waals surface area (Å²) < 4.78 is 45.3. The predicted molar refractivity (Wildman–Crippen MR) is 197 cm³/mol. The highest BCUT2D eigenvalue weighted by Gasteiger charge is 2.45. The number of halogens is 4. The Morgan fingerprint density at radius 1 is 0.837 bits per heavy atom. The lowest BCUT2D eigenvalue weighted by molar-refractivity contribution is -0.137. The smallest absolute Gasteiger partial charge is 0.416 e. The Balaban J connectivity index is 0.000000321. The first-order valence-corrected chi connectivity index (χ1v) is 17.5. The fourth-order valence-electron chi connectivity index (χ4n) is 8.06. The van der Waals surface area contributed by atoms with Crippen LogP contribution in [0.1, 0.15) is 67.6 Å². The molecule has 2 saturated heterocycles. The van der Waals surface area contributed by atoms with E-state index in [1.807, 2.05) is 43.4 Å². The highest BCUT2D eigenvalue weighted by Crippen LogP contribution is 2.43. The van der Waals surface area contributed by atoms with E-state index in [9.17, 15) is 18.0 Å². The van der Waals surface area contributed by atoms with E-state index >= 15 is 0 Å². The van der Waals surface area contributed by atoms with E-state index in [4.69, 9.17) is 10.5 Å². The summed E-state index contributed by atoms with van der Waals surface area (Å²) in [6.45, 7) is 12.4. The minimum Gasteiger partial charge on any atom is -0.496 e. The van der Waals surface area contributed by atoms with Crippen molar-refractivity contribution in [1.82, 2.24) is 15.1 Å². The zero-order valence-electron chi connectivity index (χ0n) is 29.9. The molecular formula is C38H52ClF3N4O2S. The van der Waals surface area contributed by atoms with Crippen LogP contribution in [-0.2, 0) is 17.3 Å². The van der Waals surface area contributed by atoms with Crippen molar-refractivity contribution in [1.29, 1.82) is 0 Å². The zero-order chi connectivity index (χ0) is 35.5. The number of methoxy groups -OCH3 is 1. The van der Waals surface area contributed by atoms with Crippen molar-refractivity contribution in [3.05, 3.63) is 95.1 Å². The van der Waals surface area contributed by atoms with Gasteiger partial charge in [-0.15, -0.1) is 24.2 Å². The number of amides is 1. The van der Waals surface area contributed by atoms with E-state index in [-0.39, 0.29) is 45.0 Å². The fourth-order valence-corrected chi connectivity index (χ4v) is 8.70. The van der Waals surface area contributed by atoms with Crippen molar-refractivity contribution < 1.29 is 22.7 Å². The molecule has 0 bridgehead atoms. The predicted octanol–water partition coefficient (Wildman–Crippen LogP) is 8.05. The number of carbonyl (C=O) groups is 1. The van der Waals surface area contributed by atoms with Crippen LogP contribution in [0.25, 0.3) is 0 Å². The maximum absolute atomic E-state index is 13.6. The molecule has 5 rings (SSSR count). The largest absolute Gasteiger partial charge is 0.496 e. The van der Waals surface area contributed by atoms with Crippen LogP contribution in [0.4, 0.5) is 13.2 Å². The second-order valence-electron chi connectivity index (χ2n) is 15.2. The van der Waals surface area contributed by atoms with Gasteiger partial charge in [0.1, 0.15) is 5.75 Å². The Morgan fingerprint density at radius 3 is 1.82 bits per heavy atom. The van der Waals surface area contributed by atoms with E-state index < -0.39 is 23.2 Å². The minimum absolute atomic E-state index is 0. The number of rotatable bonds is 6. The summed E-state index contributed by atoms with van der Waals surface area (Å²) in [5.74, 6) is -0.539. The number of alkyl halides is 3. The van der Waals surface area contributed by atoms with Crippen molar-refractivity contribution in [2.45, 2.75) is 62.7 Å². The van der Waals surface area contributed by atoms with Crippen molar-refractivity contribution in [3.63, 3.8) is 0 Å². The average molecular weight is 721 g/mol. The Kier molecular flexibility index (Phi) is 13.0. The normalized spacial score (nSPS) is 23.8. The third kappa shape index (κ3) is 9.94. The number of nitrogens with one attached hydrogen (secondary N) is 1. The van der Waals surface area contributed by atoms with Crippen LogP contribution in [0.15, 0.2) is 77.7 Å². The van der Waals surface area contributed by atoms with Gasteiger partial charge in [0.25, 0.3) is 5.91 Å². The number of thioether (sulfide) groups is 1. The van der Waals surface area contributed by atoms with Crippen LogP contribution < -0.4 is 15.8 Å². The van der Waals surface area contributed by atoms with E-state index in [2.05, 4.69) is 74.1 Å². The average Bonchev–Trinajstić information content (AvgIpc) is 2.98. The molecule has 2 aliphatic heterocycles. The molecule has 0 saturated carbocycles. The number of piperidine rings is 2. The second kappa shape index (κ2) is 15.6. The van der Waals surface area contributed by atoms with Crippen molar-refractivity contribution in [3.8, 4) is 5.75 Å². The van der Waals surface area contributed by atoms with E-state index in [0.717, 1.165) is 55.5 Å². The molecule has 6 nitrogen and oxygen atoms in total. The lowest BCUT2D eigenvalue weighted by atomic mass is 9.71. The Labute approximate surface area is 300 Å². The van der Waals surface area contributed by atoms with Gasteiger partial charge in [-0.05, 0) is 67.3 Å². The highest BCUT2D eigenvalue weighted by molar-refractivity contribution is 7.98. The molecule has 2 unspecified atom stereocenters. The van der Waals surface area contributed by atoms with Gasteiger partial charge in [-0.3, -0.25) is 4.79 Å². The van der Waals surface area contributed by atoms with Gasteiger partial charge in [0, 0.05) is 31.1 Å². The monoisotopic (exact) mass is 720 g/mol. The molecular weight excluding hydrogens is 669 g/mol. The standard InChI is InChI=1S/C24H29F3N2O2S.C14H22N2.ClH/c1-22(2)13-23(15-29(3)14-22,16-9-7-6-8-10-16)28-21(30)20-18(31-4)11-17(24(25,26)27)12-19(20)32-5;1-13(2)9-14(15,11-16(3)10-13)12-7-5-4-6-8-12;/h6-12H,13-15H2,1-5H3,(H,28,30);4-8H,9-11,15H2,1-3H3;1H. The van der Waals surface area contributed by atoms with E-state index in [0.29, 0.717) is 13.0 Å². The molecule has 0 aliphatic carbocycles. The van der Waals surface area contributed by atoms with Crippen molar-refractivity contribution in [2.75, 3.05) is 53.6 Å². The van der Waals surface area contributed by atoms with Gasteiger partial charge >= 0.3 is 6.18 Å². The molecule has 11 heteroatoms. The molecule has 0 radical (unpaired) electrons. The molecule has 2 heterocycles. The zero-order valence-corrected chi connectivity index (χ0v) is 31.5. The summed E-state index contributed by atoms with van der Waals surface area (Å²) in [4.78, 5) is 18.4. The van der Waals surface area contributed by atoms with Gasteiger partial charge in [0.05, 0.1) is 29.3 Å².